The van der Waals surface area contributed by atoms with Crippen molar-refractivity contribution in [3.8, 4) is 11.3 Å². The molecule has 10 nitrogen and oxygen atoms in total. The van der Waals surface area contributed by atoms with E-state index in [9.17, 15) is 24.3 Å². The predicted octanol–water partition coefficient (Wildman–Crippen LogP) is 4.00. The van der Waals surface area contributed by atoms with Crippen molar-refractivity contribution < 1.29 is 24.3 Å². The summed E-state index contributed by atoms with van der Waals surface area (Å²) < 4.78 is 3.93. The molecule has 0 aliphatic carbocycles. The second-order valence-corrected chi connectivity index (χ2v) is 10.6. The maximum Gasteiger partial charge on any atom is 0.326 e. The van der Waals surface area contributed by atoms with E-state index in [1.807, 2.05) is 30.3 Å². The number of carboxylic acids is 1. The molecule has 0 saturated carbocycles. The number of carboxylic acid groups (broad SMARTS) is 1. The lowest BCUT2D eigenvalue weighted by Crippen LogP contribution is -2.55. The van der Waals surface area contributed by atoms with Crippen molar-refractivity contribution in [2.75, 3.05) is 18.4 Å². The number of carbonyl (C=O) groups excluding carboxylic acids is 3. The van der Waals surface area contributed by atoms with E-state index in [0.717, 1.165) is 29.9 Å². The third-order valence-electron chi connectivity index (χ3n) is 7.44. The highest BCUT2D eigenvalue weighted by Crippen LogP contribution is 2.31. The summed E-state index contributed by atoms with van der Waals surface area (Å²) in [6, 6.07) is 14.8. The maximum atomic E-state index is 13.4. The predicted molar refractivity (Wildman–Crippen MR) is 152 cm³/mol. The fourth-order valence-electron chi connectivity index (χ4n) is 4.96. The van der Waals surface area contributed by atoms with E-state index in [1.165, 1.54) is 0 Å². The Morgan fingerprint density at radius 3 is 2.25 bits per heavy atom. The lowest BCUT2D eigenvalue weighted by atomic mass is 9.79. The molecule has 2 aromatic carbocycles. The van der Waals surface area contributed by atoms with Gasteiger partial charge < -0.3 is 20.6 Å². The Bertz CT molecular complexity index is 1350. The number of carbonyl (C=O) groups is 4. The van der Waals surface area contributed by atoms with Crippen LogP contribution in [0.2, 0.25) is 0 Å². The van der Waals surface area contributed by atoms with Crippen LogP contribution in [0.25, 0.3) is 11.3 Å². The molecule has 0 bridgehead atoms. The molecule has 3 amide bonds. The van der Waals surface area contributed by atoms with Crippen LogP contribution < -0.4 is 10.6 Å². The van der Waals surface area contributed by atoms with Crippen molar-refractivity contribution in [3.05, 3.63) is 65.0 Å². The summed E-state index contributed by atoms with van der Waals surface area (Å²) in [7, 11) is 0. The van der Waals surface area contributed by atoms with Gasteiger partial charge in [-0.05, 0) is 54.9 Å². The zero-order chi connectivity index (χ0) is 28.7. The standard InChI is InChI=1S/C29H33N5O5S/c1-3-29(4-2,28(39)34-16-8-9-17-34)27(38)31-22(26(36)37)18-19-12-14-21(15-13-19)30-25(35)24-23(32-33-40-24)20-10-6-5-7-11-20/h5-7,10-15,22H,3-4,8-9,16-18H2,1-2H3,(H,30,35)(H,31,38)(H,36,37). The molecule has 1 atom stereocenters. The van der Waals surface area contributed by atoms with E-state index in [-0.39, 0.29) is 31.1 Å². The fraction of sp³-hybridized carbons (Fsp3) is 0.379. The van der Waals surface area contributed by atoms with Crippen molar-refractivity contribution >= 4 is 40.9 Å². The van der Waals surface area contributed by atoms with Crippen molar-refractivity contribution in [2.45, 2.75) is 52.0 Å². The zero-order valence-electron chi connectivity index (χ0n) is 22.6. The highest BCUT2D eigenvalue weighted by molar-refractivity contribution is 7.08. The van der Waals surface area contributed by atoms with Gasteiger partial charge in [-0.1, -0.05) is 60.8 Å². The van der Waals surface area contributed by atoms with Crippen LogP contribution in [0.3, 0.4) is 0 Å². The molecule has 40 heavy (non-hydrogen) atoms. The van der Waals surface area contributed by atoms with Gasteiger partial charge in [-0.25, -0.2) is 4.79 Å². The summed E-state index contributed by atoms with van der Waals surface area (Å²) in [5, 5.41) is 19.4. The van der Waals surface area contributed by atoms with Gasteiger partial charge in [-0.2, -0.15) is 0 Å². The number of aliphatic carboxylic acids is 1. The van der Waals surface area contributed by atoms with E-state index in [1.54, 1.807) is 43.0 Å². The van der Waals surface area contributed by atoms with Gasteiger partial charge in [-0.3, -0.25) is 14.4 Å². The van der Waals surface area contributed by atoms with Crippen molar-refractivity contribution in [1.29, 1.82) is 0 Å². The lowest BCUT2D eigenvalue weighted by Gasteiger charge is -2.34. The molecule has 1 fully saturated rings. The number of nitrogens with zero attached hydrogens (tertiary/aromatic N) is 3. The van der Waals surface area contributed by atoms with Crippen molar-refractivity contribution in [3.63, 3.8) is 0 Å². The number of aromatic nitrogens is 2. The number of likely N-dealkylation sites (tertiary alicyclic amines) is 1. The van der Waals surface area contributed by atoms with Gasteiger partial charge in [0.2, 0.25) is 11.8 Å². The average Bonchev–Trinajstić information content (AvgIpc) is 3.68. The first-order valence-electron chi connectivity index (χ1n) is 13.4. The Kier molecular flexibility index (Phi) is 9.26. The second kappa shape index (κ2) is 12.8. The Balaban J connectivity index is 1.42. The largest absolute Gasteiger partial charge is 0.480 e. The minimum atomic E-state index is -1.30. The molecule has 0 radical (unpaired) electrons. The Hall–Kier alpha value is -4.12. The molecule has 0 spiro atoms. The minimum Gasteiger partial charge on any atom is -0.480 e. The van der Waals surface area contributed by atoms with E-state index in [2.05, 4.69) is 20.2 Å². The fourth-order valence-corrected chi connectivity index (χ4v) is 5.55. The Morgan fingerprint density at radius 2 is 1.65 bits per heavy atom. The molecular weight excluding hydrogens is 530 g/mol. The smallest absolute Gasteiger partial charge is 0.326 e. The van der Waals surface area contributed by atoms with E-state index < -0.39 is 23.3 Å². The van der Waals surface area contributed by atoms with Crippen LogP contribution in [0.4, 0.5) is 5.69 Å². The highest BCUT2D eigenvalue weighted by atomic mass is 32.1. The minimum absolute atomic E-state index is 0.0215. The normalized spacial score (nSPS) is 14.0. The van der Waals surface area contributed by atoms with Crippen LogP contribution in [0, 0.1) is 5.41 Å². The Morgan fingerprint density at radius 1 is 1.00 bits per heavy atom. The van der Waals surface area contributed by atoms with Crippen LogP contribution in [0.5, 0.6) is 0 Å². The van der Waals surface area contributed by atoms with Crippen LogP contribution in [-0.2, 0) is 20.8 Å². The average molecular weight is 564 g/mol. The van der Waals surface area contributed by atoms with Gasteiger partial charge >= 0.3 is 5.97 Å². The molecule has 3 N–H and O–H groups in total. The van der Waals surface area contributed by atoms with Gasteiger partial charge in [-0.15, -0.1) is 5.10 Å². The highest BCUT2D eigenvalue weighted by Gasteiger charge is 2.46. The Labute approximate surface area is 237 Å². The van der Waals surface area contributed by atoms with Gasteiger partial charge in [0, 0.05) is 30.8 Å². The number of anilines is 1. The van der Waals surface area contributed by atoms with E-state index >= 15 is 0 Å². The molecule has 2 heterocycles. The lowest BCUT2D eigenvalue weighted by molar-refractivity contribution is -0.153. The SMILES string of the molecule is CCC(CC)(C(=O)NC(Cc1ccc(NC(=O)c2snnc2-c2ccccc2)cc1)C(=O)O)C(=O)N1CCCC1. The number of benzene rings is 2. The summed E-state index contributed by atoms with van der Waals surface area (Å²) in [5.74, 6) is -2.33. The molecule has 210 valence electrons. The molecule has 1 unspecified atom stereocenters. The maximum absolute atomic E-state index is 13.4. The second-order valence-electron chi connectivity index (χ2n) is 9.82. The monoisotopic (exact) mass is 563 g/mol. The van der Waals surface area contributed by atoms with Crippen molar-refractivity contribution in [2.24, 2.45) is 5.41 Å². The quantitative estimate of drug-likeness (QED) is 0.300. The summed E-state index contributed by atoms with van der Waals surface area (Å²) in [5.41, 5.74) is 1.16. The third-order valence-corrected chi connectivity index (χ3v) is 8.17. The van der Waals surface area contributed by atoms with Gasteiger partial charge in [0.05, 0.1) is 0 Å². The first kappa shape index (κ1) is 28.9. The molecule has 1 aromatic heterocycles. The number of nitrogens with one attached hydrogen (secondary N) is 2. The van der Waals surface area contributed by atoms with E-state index in [4.69, 9.17) is 0 Å². The summed E-state index contributed by atoms with van der Waals surface area (Å²) >= 11 is 1.00. The zero-order valence-corrected chi connectivity index (χ0v) is 23.4. The first-order chi connectivity index (χ1) is 19.3. The van der Waals surface area contributed by atoms with Gasteiger partial charge in [0.25, 0.3) is 5.91 Å². The number of hydrogen-bond acceptors (Lipinski definition) is 7. The van der Waals surface area contributed by atoms with E-state index in [0.29, 0.717) is 34.9 Å². The molecule has 1 saturated heterocycles. The number of rotatable bonds is 11. The van der Waals surface area contributed by atoms with Gasteiger partial charge in [0.15, 0.2) is 0 Å². The molecule has 4 rings (SSSR count). The van der Waals surface area contributed by atoms with Crippen molar-refractivity contribution in [1.82, 2.24) is 19.8 Å². The first-order valence-corrected chi connectivity index (χ1v) is 14.2. The summed E-state index contributed by atoms with van der Waals surface area (Å²) in [6.45, 7) is 4.80. The molecular formula is C29H33N5O5S. The molecule has 3 aromatic rings. The number of hydrogen-bond donors (Lipinski definition) is 3. The third kappa shape index (κ3) is 6.20. The van der Waals surface area contributed by atoms with Crippen LogP contribution in [-0.4, -0.2) is 62.4 Å². The van der Waals surface area contributed by atoms with Gasteiger partial charge in [0.1, 0.15) is 22.0 Å². The topological polar surface area (TPSA) is 142 Å². The molecule has 1 aliphatic rings. The summed E-state index contributed by atoms with van der Waals surface area (Å²) in [6.07, 6.45) is 2.40. The van der Waals surface area contributed by atoms with Crippen LogP contribution >= 0.6 is 11.5 Å². The van der Waals surface area contributed by atoms with Crippen LogP contribution in [0.15, 0.2) is 54.6 Å². The molecule has 1 aliphatic heterocycles. The number of amides is 3. The van der Waals surface area contributed by atoms with Crippen LogP contribution in [0.1, 0.15) is 54.8 Å². The molecule has 11 heteroatoms. The summed E-state index contributed by atoms with van der Waals surface area (Å²) in [4.78, 5) is 53.7.